The zero-order chi connectivity index (χ0) is 17.4. The molecule has 0 radical (unpaired) electrons. The van der Waals surface area contributed by atoms with Gasteiger partial charge in [-0.05, 0) is 18.4 Å². The lowest BCUT2D eigenvalue weighted by atomic mass is 9.85. The first-order valence-electron chi connectivity index (χ1n) is 8.93. The summed E-state index contributed by atoms with van der Waals surface area (Å²) in [6.07, 6.45) is 3.80. The predicted molar refractivity (Wildman–Crippen MR) is 97.2 cm³/mol. The van der Waals surface area contributed by atoms with Gasteiger partial charge in [0.15, 0.2) is 0 Å². The molecule has 1 aromatic carbocycles. The van der Waals surface area contributed by atoms with Crippen LogP contribution in [0.2, 0.25) is 0 Å². The standard InChI is InChI=1S/C19H25N5O/c1-22(2)18(25)23-11-8-19(9-12-23)17-20-14-16(24(17)13-10-21-19)15-6-4-3-5-7-15/h3-7,14,21H,8-13H2,1-2H3. The van der Waals surface area contributed by atoms with Crippen molar-refractivity contribution < 1.29 is 4.79 Å². The number of hydrogen-bond donors (Lipinski definition) is 1. The average Bonchev–Trinajstić information content (AvgIpc) is 3.08. The highest BCUT2D eigenvalue weighted by molar-refractivity contribution is 5.74. The van der Waals surface area contributed by atoms with E-state index in [0.29, 0.717) is 0 Å². The van der Waals surface area contributed by atoms with Gasteiger partial charge in [0.2, 0.25) is 0 Å². The van der Waals surface area contributed by atoms with E-state index in [1.165, 1.54) is 11.3 Å². The van der Waals surface area contributed by atoms with Gasteiger partial charge in [-0.15, -0.1) is 0 Å². The lowest BCUT2D eigenvalue weighted by Gasteiger charge is -2.45. The van der Waals surface area contributed by atoms with Crippen LogP contribution in [0.15, 0.2) is 36.5 Å². The first-order valence-corrected chi connectivity index (χ1v) is 8.93. The van der Waals surface area contributed by atoms with Gasteiger partial charge >= 0.3 is 6.03 Å². The van der Waals surface area contributed by atoms with Crippen LogP contribution in [0.5, 0.6) is 0 Å². The summed E-state index contributed by atoms with van der Waals surface area (Å²) in [4.78, 5) is 20.6. The maximum absolute atomic E-state index is 12.2. The molecule has 0 atom stereocenters. The van der Waals surface area contributed by atoms with Crippen molar-refractivity contribution in [2.24, 2.45) is 0 Å². The molecule has 6 nitrogen and oxygen atoms in total. The lowest BCUT2D eigenvalue weighted by Crippen LogP contribution is -2.57. The second-order valence-electron chi connectivity index (χ2n) is 7.16. The van der Waals surface area contributed by atoms with Crippen LogP contribution in [0.4, 0.5) is 4.79 Å². The van der Waals surface area contributed by atoms with Crippen molar-refractivity contribution >= 4 is 6.03 Å². The van der Waals surface area contributed by atoms with Crippen LogP contribution in [0.1, 0.15) is 18.7 Å². The zero-order valence-corrected chi connectivity index (χ0v) is 14.9. The van der Waals surface area contributed by atoms with Crippen LogP contribution in [0.3, 0.4) is 0 Å². The van der Waals surface area contributed by atoms with Gasteiger partial charge in [-0.1, -0.05) is 30.3 Å². The third-order valence-corrected chi connectivity index (χ3v) is 5.42. The molecular formula is C19H25N5O. The van der Waals surface area contributed by atoms with Crippen LogP contribution in [-0.4, -0.2) is 59.1 Å². The first kappa shape index (κ1) is 16.1. The van der Waals surface area contributed by atoms with Gasteiger partial charge in [-0.25, -0.2) is 9.78 Å². The molecule has 132 valence electrons. The van der Waals surface area contributed by atoms with Crippen molar-refractivity contribution in [3.05, 3.63) is 42.4 Å². The molecule has 1 N–H and O–H groups in total. The number of amides is 2. The van der Waals surface area contributed by atoms with Gasteiger partial charge in [-0.2, -0.15) is 0 Å². The Bertz CT molecular complexity index is 759. The highest BCUT2D eigenvalue weighted by Gasteiger charge is 2.42. The van der Waals surface area contributed by atoms with Crippen molar-refractivity contribution in [3.63, 3.8) is 0 Å². The van der Waals surface area contributed by atoms with Crippen LogP contribution >= 0.6 is 0 Å². The average molecular weight is 339 g/mol. The molecule has 3 heterocycles. The van der Waals surface area contributed by atoms with E-state index in [-0.39, 0.29) is 11.6 Å². The SMILES string of the molecule is CN(C)C(=O)N1CCC2(CC1)NCCn1c(-c3ccccc3)cnc12. The fraction of sp³-hybridized carbons (Fsp3) is 0.474. The largest absolute Gasteiger partial charge is 0.331 e. The van der Waals surface area contributed by atoms with E-state index in [1.807, 2.05) is 31.3 Å². The first-order chi connectivity index (χ1) is 12.1. The van der Waals surface area contributed by atoms with Crippen molar-refractivity contribution in [1.82, 2.24) is 24.7 Å². The second-order valence-corrected chi connectivity index (χ2v) is 7.16. The van der Waals surface area contributed by atoms with E-state index < -0.39 is 0 Å². The molecule has 0 aliphatic carbocycles. The number of nitrogens with zero attached hydrogens (tertiary/aromatic N) is 4. The number of urea groups is 1. The molecular weight excluding hydrogens is 314 g/mol. The number of fused-ring (bicyclic) bond motifs is 2. The molecule has 2 aliphatic heterocycles. The van der Waals surface area contributed by atoms with Gasteiger partial charge < -0.3 is 19.7 Å². The second kappa shape index (κ2) is 6.19. The fourth-order valence-corrected chi connectivity index (χ4v) is 4.07. The lowest BCUT2D eigenvalue weighted by molar-refractivity contribution is 0.111. The third kappa shape index (κ3) is 2.70. The summed E-state index contributed by atoms with van der Waals surface area (Å²) < 4.78 is 2.36. The predicted octanol–water partition coefficient (Wildman–Crippen LogP) is 2.13. The summed E-state index contributed by atoms with van der Waals surface area (Å²) in [5.41, 5.74) is 2.27. The van der Waals surface area contributed by atoms with Gasteiger partial charge in [0, 0.05) is 40.3 Å². The van der Waals surface area contributed by atoms with E-state index >= 15 is 0 Å². The maximum Gasteiger partial charge on any atom is 0.319 e. The van der Waals surface area contributed by atoms with E-state index in [0.717, 1.165) is 44.8 Å². The Labute approximate surface area is 148 Å². The normalized spacial score (nSPS) is 18.9. The molecule has 6 heteroatoms. The molecule has 1 saturated heterocycles. The van der Waals surface area contributed by atoms with E-state index in [1.54, 1.807) is 4.90 Å². The van der Waals surface area contributed by atoms with Crippen LogP contribution in [0, 0.1) is 0 Å². The molecule has 0 bridgehead atoms. The van der Waals surface area contributed by atoms with Crippen molar-refractivity contribution in [1.29, 1.82) is 0 Å². The minimum atomic E-state index is -0.117. The van der Waals surface area contributed by atoms with Crippen LogP contribution < -0.4 is 5.32 Å². The highest BCUT2D eigenvalue weighted by Crippen LogP contribution is 2.36. The topological polar surface area (TPSA) is 53.4 Å². The number of imidazole rings is 1. The van der Waals surface area contributed by atoms with E-state index in [2.05, 4.69) is 34.1 Å². The minimum Gasteiger partial charge on any atom is -0.331 e. The number of carbonyl (C=O) groups is 1. The van der Waals surface area contributed by atoms with Crippen LogP contribution in [0.25, 0.3) is 11.3 Å². The molecule has 1 aromatic heterocycles. The minimum absolute atomic E-state index is 0.0963. The summed E-state index contributed by atoms with van der Waals surface area (Å²) in [7, 11) is 3.62. The molecule has 1 fully saturated rings. The van der Waals surface area contributed by atoms with E-state index in [9.17, 15) is 4.79 Å². The molecule has 2 aromatic rings. The van der Waals surface area contributed by atoms with Gasteiger partial charge in [-0.3, -0.25) is 0 Å². The Balaban J connectivity index is 1.61. The van der Waals surface area contributed by atoms with Crippen molar-refractivity contribution in [2.75, 3.05) is 33.7 Å². The summed E-state index contributed by atoms with van der Waals surface area (Å²) in [6.45, 7) is 3.39. The number of likely N-dealkylation sites (tertiary alicyclic amines) is 1. The molecule has 25 heavy (non-hydrogen) atoms. The number of benzene rings is 1. The Morgan fingerprint density at radius 1 is 1.16 bits per heavy atom. The molecule has 4 rings (SSSR count). The number of rotatable bonds is 1. The number of hydrogen-bond acceptors (Lipinski definition) is 3. The monoisotopic (exact) mass is 339 g/mol. The summed E-state index contributed by atoms with van der Waals surface area (Å²) in [5.74, 6) is 1.12. The number of carbonyl (C=O) groups excluding carboxylic acids is 1. The van der Waals surface area contributed by atoms with Crippen molar-refractivity contribution in [3.8, 4) is 11.3 Å². The molecule has 2 aliphatic rings. The van der Waals surface area contributed by atoms with Gasteiger partial charge in [0.05, 0.1) is 17.4 Å². The fourth-order valence-electron chi connectivity index (χ4n) is 4.07. The quantitative estimate of drug-likeness (QED) is 0.866. The Hall–Kier alpha value is -2.34. The van der Waals surface area contributed by atoms with E-state index in [4.69, 9.17) is 4.98 Å². The number of aromatic nitrogens is 2. The molecule has 0 unspecified atom stereocenters. The Morgan fingerprint density at radius 3 is 2.56 bits per heavy atom. The number of nitrogens with one attached hydrogen (secondary N) is 1. The van der Waals surface area contributed by atoms with Crippen molar-refractivity contribution in [2.45, 2.75) is 24.9 Å². The molecule has 0 saturated carbocycles. The number of piperidine rings is 1. The van der Waals surface area contributed by atoms with Gasteiger partial charge in [0.1, 0.15) is 5.82 Å². The Morgan fingerprint density at radius 2 is 1.88 bits per heavy atom. The summed E-state index contributed by atoms with van der Waals surface area (Å²) in [5, 5.41) is 3.71. The zero-order valence-electron chi connectivity index (χ0n) is 14.9. The highest BCUT2D eigenvalue weighted by atomic mass is 16.2. The van der Waals surface area contributed by atoms with Crippen LogP contribution in [-0.2, 0) is 12.1 Å². The molecule has 1 spiro atoms. The Kier molecular flexibility index (Phi) is 4.00. The molecule has 2 amide bonds. The summed E-state index contributed by atoms with van der Waals surface area (Å²) in [6, 6.07) is 10.5. The maximum atomic E-state index is 12.2. The van der Waals surface area contributed by atoms with Gasteiger partial charge in [0.25, 0.3) is 0 Å². The third-order valence-electron chi connectivity index (χ3n) is 5.42. The summed E-state index contributed by atoms with van der Waals surface area (Å²) >= 11 is 0. The smallest absolute Gasteiger partial charge is 0.319 e.